The first-order valence-corrected chi connectivity index (χ1v) is 10.8. The third-order valence-corrected chi connectivity index (χ3v) is 7.00. The van der Waals surface area contributed by atoms with Gasteiger partial charge in [0.05, 0.1) is 11.1 Å². The minimum atomic E-state index is -1.13. The number of aromatic nitrogens is 5. The summed E-state index contributed by atoms with van der Waals surface area (Å²) in [6.45, 7) is 2.61. The number of phenolic OH excluding ortho intramolecular Hbond substituents is 1. The number of benzene rings is 1. The maximum atomic E-state index is 15.0. The minimum Gasteiger partial charge on any atom is -0.507 e. The highest BCUT2D eigenvalue weighted by Gasteiger charge is 2.53. The van der Waals surface area contributed by atoms with Crippen LogP contribution in [-0.2, 0) is 7.05 Å². The molecule has 162 valence electrons. The van der Waals surface area contributed by atoms with Crippen molar-refractivity contribution in [3.8, 4) is 32.9 Å². The fourth-order valence-electron chi connectivity index (χ4n) is 4.18. The van der Waals surface area contributed by atoms with Crippen molar-refractivity contribution >= 4 is 11.3 Å². The molecule has 9 nitrogen and oxygen atoms in total. The van der Waals surface area contributed by atoms with Crippen LogP contribution in [0.5, 0.6) is 10.9 Å². The second-order valence-corrected chi connectivity index (χ2v) is 9.20. The van der Waals surface area contributed by atoms with Crippen molar-refractivity contribution in [1.82, 2.24) is 30.0 Å². The molecule has 2 N–H and O–H groups in total. The van der Waals surface area contributed by atoms with Crippen molar-refractivity contribution in [1.29, 1.82) is 0 Å². The van der Waals surface area contributed by atoms with Gasteiger partial charge in [0.2, 0.25) is 0 Å². The lowest BCUT2D eigenvalue weighted by molar-refractivity contribution is -0.0713. The fourth-order valence-corrected chi connectivity index (χ4v) is 4.95. The number of halogens is 1. The molecule has 2 aromatic heterocycles. The Morgan fingerprint density at radius 1 is 1.39 bits per heavy atom. The van der Waals surface area contributed by atoms with E-state index in [1.807, 2.05) is 6.92 Å². The van der Waals surface area contributed by atoms with E-state index in [1.54, 1.807) is 19.2 Å². The molecule has 0 spiro atoms. The number of ether oxygens (including phenoxy) is 1. The molecule has 6 rings (SSSR count). The van der Waals surface area contributed by atoms with E-state index in [0.29, 0.717) is 16.1 Å². The van der Waals surface area contributed by atoms with Gasteiger partial charge >= 0.3 is 5.69 Å². The molecule has 4 atom stereocenters. The summed E-state index contributed by atoms with van der Waals surface area (Å²) in [6.07, 6.45) is 1.38. The molecule has 3 aliphatic rings. The SMILES string of the molecule is Cn1cnc(-c2ccc(-c3nnc(O[C@@H]4C5CC[C@@](C)(NC5)[C@H]4F)s3)c(O)c2)nc1=O. The average molecular weight is 444 g/mol. The standard InChI is InChI=1S/C20H21FN6O3S/c1-20-6-5-11(8-23-20)14(15(20)21)30-19-26-25-17(31-19)12-4-3-10(7-13(12)28)16-22-9-27(2)18(29)24-16/h3-4,7,9,11,14-15,23,28H,5-6,8H2,1-2H3/t11?,14-,15+,20-/m1/s1. The van der Waals surface area contributed by atoms with Gasteiger partial charge in [-0.1, -0.05) is 22.5 Å². The predicted molar refractivity (Wildman–Crippen MR) is 112 cm³/mol. The predicted octanol–water partition coefficient (Wildman–Crippen LogP) is 1.92. The molecule has 2 saturated heterocycles. The number of hydrogen-bond donors (Lipinski definition) is 2. The summed E-state index contributed by atoms with van der Waals surface area (Å²) in [7, 11) is 1.56. The Morgan fingerprint density at radius 2 is 2.23 bits per heavy atom. The van der Waals surface area contributed by atoms with E-state index in [2.05, 4.69) is 25.5 Å². The number of aromatic hydroxyl groups is 1. The third-order valence-electron chi connectivity index (χ3n) is 6.15. The number of nitrogens with one attached hydrogen (secondary N) is 1. The molecule has 3 fully saturated rings. The lowest BCUT2D eigenvalue weighted by Crippen LogP contribution is -2.68. The second-order valence-electron chi connectivity index (χ2n) is 8.26. The quantitative estimate of drug-likeness (QED) is 0.627. The van der Waals surface area contributed by atoms with Gasteiger partial charge in [0.25, 0.3) is 5.19 Å². The van der Waals surface area contributed by atoms with Crippen molar-refractivity contribution in [2.45, 2.75) is 37.6 Å². The zero-order valence-electron chi connectivity index (χ0n) is 16.9. The number of phenols is 1. The van der Waals surface area contributed by atoms with Gasteiger partial charge in [-0.2, -0.15) is 4.98 Å². The molecule has 11 heteroatoms. The monoisotopic (exact) mass is 444 g/mol. The summed E-state index contributed by atoms with van der Waals surface area (Å²) >= 11 is 1.15. The van der Waals surface area contributed by atoms with Crippen LogP contribution in [0.3, 0.4) is 0 Å². The Labute approximate surface area is 181 Å². The van der Waals surface area contributed by atoms with Crippen molar-refractivity contribution < 1.29 is 14.2 Å². The third kappa shape index (κ3) is 3.47. The van der Waals surface area contributed by atoms with Gasteiger partial charge < -0.3 is 15.2 Å². The van der Waals surface area contributed by atoms with Crippen LogP contribution in [0.2, 0.25) is 0 Å². The zero-order chi connectivity index (χ0) is 21.8. The average Bonchev–Trinajstić information content (AvgIpc) is 3.21. The largest absolute Gasteiger partial charge is 0.507 e. The Morgan fingerprint density at radius 3 is 2.94 bits per heavy atom. The van der Waals surface area contributed by atoms with Crippen LogP contribution in [0.1, 0.15) is 19.8 Å². The number of fused-ring (bicyclic) bond motifs is 3. The highest BCUT2D eigenvalue weighted by molar-refractivity contribution is 7.16. The van der Waals surface area contributed by atoms with Crippen LogP contribution in [-0.4, -0.2) is 54.2 Å². The minimum absolute atomic E-state index is 0.0544. The highest BCUT2D eigenvalue weighted by Crippen LogP contribution is 2.42. The van der Waals surface area contributed by atoms with E-state index in [4.69, 9.17) is 4.74 Å². The van der Waals surface area contributed by atoms with Gasteiger partial charge in [-0.15, -0.1) is 5.10 Å². The van der Waals surface area contributed by atoms with Crippen LogP contribution in [0.25, 0.3) is 22.0 Å². The first kappa shape index (κ1) is 20.0. The number of piperidine rings is 2. The molecular weight excluding hydrogens is 423 g/mol. The molecule has 31 heavy (non-hydrogen) atoms. The van der Waals surface area contributed by atoms with Gasteiger partial charge in [0.15, 0.2) is 17.0 Å². The Hall–Kier alpha value is -2.92. The summed E-state index contributed by atoms with van der Waals surface area (Å²) < 4.78 is 22.1. The number of alkyl halides is 1. The van der Waals surface area contributed by atoms with Crippen LogP contribution in [0.15, 0.2) is 29.3 Å². The smallest absolute Gasteiger partial charge is 0.350 e. The van der Waals surface area contributed by atoms with Gasteiger partial charge in [-0.3, -0.25) is 4.57 Å². The Balaban J connectivity index is 1.37. The number of rotatable bonds is 4. The summed E-state index contributed by atoms with van der Waals surface area (Å²) in [6, 6.07) is 4.81. The Bertz CT molecular complexity index is 1190. The van der Waals surface area contributed by atoms with Crippen LogP contribution in [0.4, 0.5) is 4.39 Å². The first-order chi connectivity index (χ1) is 14.8. The molecule has 1 saturated carbocycles. The first-order valence-electron chi connectivity index (χ1n) is 9.97. The lowest BCUT2D eigenvalue weighted by atomic mass is 9.70. The molecule has 1 unspecified atom stereocenters. The van der Waals surface area contributed by atoms with Crippen LogP contribution < -0.4 is 15.7 Å². The second kappa shape index (κ2) is 7.34. The normalized spacial score (nSPS) is 27.4. The van der Waals surface area contributed by atoms with Crippen molar-refractivity contribution in [2.24, 2.45) is 13.0 Å². The lowest BCUT2D eigenvalue weighted by Gasteiger charge is -2.51. The molecular formula is C20H21FN6O3S. The van der Waals surface area contributed by atoms with E-state index in [1.165, 1.54) is 17.0 Å². The summed E-state index contributed by atoms with van der Waals surface area (Å²) in [4.78, 5) is 19.7. The zero-order valence-corrected chi connectivity index (χ0v) is 17.8. The van der Waals surface area contributed by atoms with E-state index in [-0.39, 0.29) is 22.7 Å². The van der Waals surface area contributed by atoms with Gasteiger partial charge in [0.1, 0.15) is 18.2 Å². The number of aryl methyl sites for hydroxylation is 1. The molecule has 4 heterocycles. The van der Waals surface area contributed by atoms with Gasteiger partial charge in [0, 0.05) is 25.1 Å². The molecule has 0 amide bonds. The van der Waals surface area contributed by atoms with Gasteiger partial charge in [-0.25, -0.2) is 14.2 Å². The molecule has 1 aliphatic carbocycles. The highest BCUT2D eigenvalue weighted by atomic mass is 32.1. The van der Waals surface area contributed by atoms with E-state index in [0.717, 1.165) is 30.7 Å². The van der Waals surface area contributed by atoms with Crippen molar-refractivity contribution in [2.75, 3.05) is 6.54 Å². The number of hydrogen-bond acceptors (Lipinski definition) is 9. The molecule has 1 aromatic carbocycles. The molecule has 2 aliphatic heterocycles. The molecule has 0 radical (unpaired) electrons. The topological polar surface area (TPSA) is 115 Å². The van der Waals surface area contributed by atoms with Crippen molar-refractivity contribution in [3.63, 3.8) is 0 Å². The molecule has 2 bridgehead atoms. The number of nitrogens with zero attached hydrogens (tertiary/aromatic N) is 5. The van der Waals surface area contributed by atoms with Crippen LogP contribution in [0, 0.1) is 5.92 Å². The van der Waals surface area contributed by atoms with E-state index >= 15 is 0 Å². The molecule has 3 aromatic rings. The fraction of sp³-hybridized carbons (Fsp3) is 0.450. The summed E-state index contributed by atoms with van der Waals surface area (Å²) in [5.41, 5.74) is -0.0533. The van der Waals surface area contributed by atoms with Gasteiger partial charge in [-0.05, 0) is 31.9 Å². The maximum absolute atomic E-state index is 15.0. The summed E-state index contributed by atoms with van der Waals surface area (Å²) in [5.74, 6) is 0.256. The maximum Gasteiger partial charge on any atom is 0.350 e. The van der Waals surface area contributed by atoms with E-state index < -0.39 is 23.5 Å². The Kier molecular flexibility index (Phi) is 4.74. The van der Waals surface area contributed by atoms with E-state index in [9.17, 15) is 14.3 Å². The van der Waals surface area contributed by atoms with Crippen LogP contribution >= 0.6 is 11.3 Å². The summed E-state index contributed by atoms with van der Waals surface area (Å²) in [5, 5.41) is 22.7. The van der Waals surface area contributed by atoms with Crippen molar-refractivity contribution in [3.05, 3.63) is 35.0 Å².